The average molecular weight is 422 g/mol. The summed E-state index contributed by atoms with van der Waals surface area (Å²) in [5.74, 6) is 1.32. The molecule has 0 saturated heterocycles. The van der Waals surface area contributed by atoms with Crippen LogP contribution in [0.25, 0.3) is 0 Å². The molecule has 1 aliphatic heterocycles. The van der Waals surface area contributed by atoms with E-state index in [-0.39, 0.29) is 6.61 Å². The van der Waals surface area contributed by atoms with E-state index >= 15 is 0 Å². The molecule has 0 bridgehead atoms. The van der Waals surface area contributed by atoms with Crippen molar-refractivity contribution in [1.29, 1.82) is 0 Å². The summed E-state index contributed by atoms with van der Waals surface area (Å²) in [5, 5.41) is 10.0. The lowest BCUT2D eigenvalue weighted by molar-refractivity contribution is -0.137. The van der Waals surface area contributed by atoms with Crippen LogP contribution >= 0.6 is 11.8 Å². The van der Waals surface area contributed by atoms with E-state index in [0.717, 1.165) is 32.3 Å². The highest BCUT2D eigenvalue weighted by molar-refractivity contribution is 7.99. The fourth-order valence-corrected chi connectivity index (χ4v) is 4.82. The summed E-state index contributed by atoms with van der Waals surface area (Å²) in [6.45, 7) is 0.716. The SMILES string of the molecule is COCCOC(OC)c1c(OC)ccc2c1Sc1c(ccc(OC)c1CO)N2C. The second kappa shape index (κ2) is 9.69. The number of methoxy groups -OCH3 is 4. The molecule has 1 atom stereocenters. The zero-order valence-electron chi connectivity index (χ0n) is 17.4. The summed E-state index contributed by atoms with van der Waals surface area (Å²) in [6.07, 6.45) is -0.624. The number of fused-ring (bicyclic) bond motifs is 2. The monoisotopic (exact) mass is 421 g/mol. The quantitative estimate of drug-likeness (QED) is 0.485. The fraction of sp³-hybridized carbons (Fsp3) is 0.429. The minimum Gasteiger partial charge on any atom is -0.496 e. The molecule has 2 aromatic carbocycles. The molecule has 0 aromatic heterocycles. The first-order valence-corrected chi connectivity index (χ1v) is 9.99. The minimum absolute atomic E-state index is 0.125. The summed E-state index contributed by atoms with van der Waals surface area (Å²) < 4.78 is 27.7. The summed E-state index contributed by atoms with van der Waals surface area (Å²) >= 11 is 1.55. The first-order valence-electron chi connectivity index (χ1n) is 9.17. The molecule has 0 amide bonds. The van der Waals surface area contributed by atoms with E-state index < -0.39 is 6.29 Å². The van der Waals surface area contributed by atoms with Gasteiger partial charge in [-0.1, -0.05) is 11.8 Å². The highest BCUT2D eigenvalue weighted by Crippen LogP contribution is 2.54. The van der Waals surface area contributed by atoms with Crippen molar-refractivity contribution in [2.75, 3.05) is 53.6 Å². The fourth-order valence-electron chi connectivity index (χ4n) is 3.40. The van der Waals surface area contributed by atoms with Crippen molar-refractivity contribution in [1.82, 2.24) is 0 Å². The maximum absolute atomic E-state index is 10.0. The van der Waals surface area contributed by atoms with Gasteiger partial charge in [0, 0.05) is 36.6 Å². The topological polar surface area (TPSA) is 69.6 Å². The summed E-state index contributed by atoms with van der Waals surface area (Å²) in [5.41, 5.74) is 3.55. The van der Waals surface area contributed by atoms with E-state index in [9.17, 15) is 5.11 Å². The van der Waals surface area contributed by atoms with Crippen LogP contribution in [-0.2, 0) is 20.8 Å². The molecule has 1 heterocycles. The number of hydrogen-bond acceptors (Lipinski definition) is 8. The first kappa shape index (κ1) is 21.7. The van der Waals surface area contributed by atoms with Crippen molar-refractivity contribution in [3.05, 3.63) is 35.4 Å². The second-order valence-corrected chi connectivity index (χ2v) is 7.40. The van der Waals surface area contributed by atoms with Crippen molar-refractivity contribution in [3.63, 3.8) is 0 Å². The Morgan fingerprint density at radius 2 is 1.59 bits per heavy atom. The van der Waals surface area contributed by atoms with Crippen LogP contribution in [0.15, 0.2) is 34.1 Å². The van der Waals surface area contributed by atoms with Gasteiger partial charge in [-0.15, -0.1) is 0 Å². The van der Waals surface area contributed by atoms with E-state index in [1.165, 1.54) is 0 Å². The summed E-state index contributed by atoms with van der Waals surface area (Å²) in [4.78, 5) is 3.97. The van der Waals surface area contributed by atoms with E-state index in [1.54, 1.807) is 40.2 Å². The second-order valence-electron chi connectivity index (χ2n) is 6.37. The Labute approximate surface area is 175 Å². The molecule has 2 aromatic rings. The van der Waals surface area contributed by atoms with Crippen LogP contribution in [0, 0.1) is 0 Å². The Hall–Kier alpha value is -1.97. The number of aliphatic hydroxyl groups is 1. The molecular formula is C21H27NO6S. The molecule has 0 saturated carbocycles. The molecule has 1 aliphatic rings. The van der Waals surface area contributed by atoms with Gasteiger partial charge >= 0.3 is 0 Å². The third kappa shape index (κ3) is 4.04. The molecule has 0 spiro atoms. The number of rotatable bonds is 9. The number of ether oxygens (including phenoxy) is 5. The molecule has 3 rings (SSSR count). The number of aliphatic hydroxyl groups excluding tert-OH is 1. The van der Waals surface area contributed by atoms with Crippen molar-refractivity contribution in [2.24, 2.45) is 0 Å². The molecule has 29 heavy (non-hydrogen) atoms. The Bertz CT molecular complexity index is 860. The van der Waals surface area contributed by atoms with Crippen LogP contribution in [0.4, 0.5) is 11.4 Å². The zero-order chi connectivity index (χ0) is 21.0. The van der Waals surface area contributed by atoms with Gasteiger partial charge in [-0.2, -0.15) is 0 Å². The van der Waals surface area contributed by atoms with E-state index in [1.807, 2.05) is 31.3 Å². The highest BCUT2D eigenvalue weighted by atomic mass is 32.2. The third-order valence-corrected chi connectivity index (χ3v) is 6.16. The summed E-state index contributed by atoms with van der Waals surface area (Å²) in [6, 6.07) is 7.80. The Kier molecular flexibility index (Phi) is 7.26. The van der Waals surface area contributed by atoms with E-state index in [0.29, 0.717) is 24.7 Å². The molecule has 0 aliphatic carbocycles. The maximum atomic E-state index is 10.0. The maximum Gasteiger partial charge on any atom is 0.188 e. The smallest absolute Gasteiger partial charge is 0.188 e. The van der Waals surface area contributed by atoms with Gasteiger partial charge in [0.25, 0.3) is 0 Å². The normalized spacial score (nSPS) is 13.7. The van der Waals surface area contributed by atoms with Crippen LogP contribution in [0.3, 0.4) is 0 Å². The standard InChI is InChI=1S/C21H27NO6S/c1-22-14-6-8-16(25-3)13(12-23)19(14)29-20-15(22)7-9-17(26-4)18(20)21(27-5)28-11-10-24-2/h6-9,21,23H,10-12H2,1-5H3. The lowest BCUT2D eigenvalue weighted by Crippen LogP contribution is -2.19. The predicted octanol–water partition coefficient (Wildman–Crippen LogP) is 3.74. The van der Waals surface area contributed by atoms with Gasteiger partial charge in [0.1, 0.15) is 11.5 Å². The molecule has 7 nitrogen and oxygen atoms in total. The van der Waals surface area contributed by atoms with Gasteiger partial charge in [0.05, 0.1) is 51.0 Å². The van der Waals surface area contributed by atoms with Crippen molar-refractivity contribution in [2.45, 2.75) is 22.7 Å². The molecule has 1 unspecified atom stereocenters. The largest absolute Gasteiger partial charge is 0.496 e. The van der Waals surface area contributed by atoms with Gasteiger partial charge in [0.15, 0.2) is 6.29 Å². The van der Waals surface area contributed by atoms with Gasteiger partial charge in [-0.25, -0.2) is 0 Å². The number of benzene rings is 2. The van der Waals surface area contributed by atoms with Crippen molar-refractivity contribution < 1.29 is 28.8 Å². The van der Waals surface area contributed by atoms with Crippen LogP contribution in [-0.4, -0.2) is 53.8 Å². The van der Waals surface area contributed by atoms with E-state index in [2.05, 4.69) is 4.90 Å². The van der Waals surface area contributed by atoms with Crippen LogP contribution < -0.4 is 14.4 Å². The molecule has 158 valence electrons. The average Bonchev–Trinajstić information content (AvgIpc) is 2.75. The summed E-state index contributed by atoms with van der Waals surface area (Å²) in [7, 11) is 8.45. The van der Waals surface area contributed by atoms with Crippen molar-refractivity contribution >= 4 is 23.1 Å². The first-order chi connectivity index (χ1) is 14.1. The Morgan fingerprint density at radius 1 is 0.931 bits per heavy atom. The van der Waals surface area contributed by atoms with Gasteiger partial charge < -0.3 is 33.7 Å². The molecule has 0 fully saturated rings. The highest BCUT2D eigenvalue weighted by Gasteiger charge is 2.31. The van der Waals surface area contributed by atoms with Crippen LogP contribution in [0.2, 0.25) is 0 Å². The van der Waals surface area contributed by atoms with Gasteiger partial charge in [-0.05, 0) is 24.3 Å². The molecule has 1 N–H and O–H groups in total. The van der Waals surface area contributed by atoms with Crippen LogP contribution in [0.5, 0.6) is 11.5 Å². The van der Waals surface area contributed by atoms with E-state index in [4.69, 9.17) is 23.7 Å². The lowest BCUT2D eigenvalue weighted by atomic mass is 10.1. The zero-order valence-corrected chi connectivity index (χ0v) is 18.2. The predicted molar refractivity (Wildman–Crippen MR) is 112 cm³/mol. The van der Waals surface area contributed by atoms with Gasteiger partial charge in [0.2, 0.25) is 0 Å². The van der Waals surface area contributed by atoms with Crippen LogP contribution in [0.1, 0.15) is 17.4 Å². The Morgan fingerprint density at radius 3 is 2.17 bits per heavy atom. The lowest BCUT2D eigenvalue weighted by Gasteiger charge is -2.34. The minimum atomic E-state index is -0.624. The number of anilines is 2. The Balaban J connectivity index is 2.14. The molecular weight excluding hydrogens is 394 g/mol. The molecule has 0 radical (unpaired) electrons. The third-order valence-electron chi connectivity index (χ3n) is 4.86. The van der Waals surface area contributed by atoms with Gasteiger partial charge in [-0.3, -0.25) is 0 Å². The van der Waals surface area contributed by atoms with Crippen molar-refractivity contribution in [3.8, 4) is 11.5 Å². The molecule has 8 heteroatoms. The number of nitrogens with zero attached hydrogens (tertiary/aromatic N) is 1. The number of hydrogen-bond donors (Lipinski definition) is 1.